The lowest BCUT2D eigenvalue weighted by molar-refractivity contribution is -0.123. The molecule has 0 bridgehead atoms. The highest BCUT2D eigenvalue weighted by Crippen LogP contribution is 2.34. The normalized spacial score (nSPS) is 19.3. The zero-order chi connectivity index (χ0) is 24.5. The highest BCUT2D eigenvalue weighted by atomic mass is 32.2. The Morgan fingerprint density at radius 3 is 2.44 bits per heavy atom. The Hall–Kier alpha value is -2.91. The van der Waals surface area contributed by atoms with Crippen LogP contribution < -0.4 is 15.4 Å². The van der Waals surface area contributed by atoms with Crippen LogP contribution >= 0.6 is 0 Å². The zero-order valence-corrected chi connectivity index (χ0v) is 20.5. The van der Waals surface area contributed by atoms with E-state index < -0.39 is 16.1 Å². The van der Waals surface area contributed by atoms with Crippen molar-refractivity contribution in [2.24, 2.45) is 5.92 Å². The summed E-state index contributed by atoms with van der Waals surface area (Å²) in [5.41, 5.74) is 2.30. The highest BCUT2D eigenvalue weighted by molar-refractivity contribution is 7.89. The maximum Gasteiger partial charge on any atom is 0.265 e. The van der Waals surface area contributed by atoms with Gasteiger partial charge in [-0.2, -0.15) is 4.31 Å². The standard InChI is InChI=1S/C25H31N3O5S/c1-4-22-25(30)27-21-15-20(9-10-23(21)33-22)34(31,32)28-13-11-18(12-14-28)24(29)26-19-7-5-17(6-8-19)16(2)3/h5-10,15-16,18,22H,4,11-14H2,1-3H3,(H,26,29)(H,27,30)/t22-/m1/s1. The topological polar surface area (TPSA) is 105 Å². The van der Waals surface area contributed by atoms with Crippen LogP contribution in [-0.2, 0) is 19.6 Å². The van der Waals surface area contributed by atoms with E-state index >= 15 is 0 Å². The number of fused-ring (bicyclic) bond motifs is 1. The van der Waals surface area contributed by atoms with Crippen LogP contribution in [0.4, 0.5) is 11.4 Å². The second-order valence-corrected chi connectivity index (χ2v) is 11.0. The average Bonchev–Trinajstić information content (AvgIpc) is 2.83. The third-order valence-electron chi connectivity index (χ3n) is 6.45. The van der Waals surface area contributed by atoms with E-state index in [9.17, 15) is 18.0 Å². The fraction of sp³-hybridized carbons (Fsp3) is 0.440. The van der Waals surface area contributed by atoms with Crippen LogP contribution in [0.5, 0.6) is 5.75 Å². The van der Waals surface area contributed by atoms with Gasteiger partial charge >= 0.3 is 0 Å². The number of hydrogen-bond acceptors (Lipinski definition) is 5. The number of sulfonamides is 1. The molecule has 1 atom stereocenters. The molecule has 0 unspecified atom stereocenters. The summed E-state index contributed by atoms with van der Waals surface area (Å²) in [5, 5.41) is 5.68. The first-order valence-electron chi connectivity index (χ1n) is 11.7. The van der Waals surface area contributed by atoms with Gasteiger partial charge in [0, 0.05) is 24.7 Å². The molecular formula is C25H31N3O5S. The van der Waals surface area contributed by atoms with Crippen molar-refractivity contribution in [2.45, 2.75) is 57.0 Å². The van der Waals surface area contributed by atoms with E-state index in [-0.39, 0.29) is 35.7 Å². The molecule has 2 amide bonds. The number of carbonyl (C=O) groups excluding carboxylic acids is 2. The quantitative estimate of drug-likeness (QED) is 0.644. The van der Waals surface area contributed by atoms with Crippen molar-refractivity contribution in [2.75, 3.05) is 23.7 Å². The van der Waals surface area contributed by atoms with Crippen LogP contribution in [0.3, 0.4) is 0 Å². The largest absolute Gasteiger partial charge is 0.478 e. The minimum atomic E-state index is -3.76. The fourth-order valence-corrected chi connectivity index (χ4v) is 5.76. The van der Waals surface area contributed by atoms with Crippen molar-refractivity contribution in [3.8, 4) is 5.75 Å². The van der Waals surface area contributed by atoms with Gasteiger partial charge in [-0.25, -0.2) is 8.42 Å². The number of nitrogens with zero attached hydrogens (tertiary/aromatic N) is 1. The molecule has 0 aromatic heterocycles. The van der Waals surface area contributed by atoms with Gasteiger partial charge in [-0.1, -0.05) is 32.9 Å². The van der Waals surface area contributed by atoms with Gasteiger partial charge in [-0.05, 0) is 61.1 Å². The molecule has 8 nitrogen and oxygen atoms in total. The lowest BCUT2D eigenvalue weighted by atomic mass is 9.97. The molecule has 2 aliphatic heterocycles. The van der Waals surface area contributed by atoms with E-state index in [1.807, 2.05) is 31.2 Å². The van der Waals surface area contributed by atoms with Gasteiger partial charge in [-0.3, -0.25) is 9.59 Å². The Bertz CT molecular complexity index is 1170. The maximum absolute atomic E-state index is 13.2. The second-order valence-electron chi connectivity index (χ2n) is 9.11. The summed E-state index contributed by atoms with van der Waals surface area (Å²) in [6.45, 7) is 6.59. The van der Waals surface area contributed by atoms with Crippen LogP contribution in [0.15, 0.2) is 47.4 Å². The zero-order valence-electron chi connectivity index (χ0n) is 19.7. The number of rotatable bonds is 6. The minimum absolute atomic E-state index is 0.0894. The molecule has 2 heterocycles. The van der Waals surface area contributed by atoms with Crippen LogP contribution in [-0.4, -0.2) is 43.7 Å². The molecule has 0 saturated carbocycles. The summed E-state index contributed by atoms with van der Waals surface area (Å²) in [5.74, 6) is 0.257. The van der Waals surface area contributed by atoms with E-state index in [0.717, 1.165) is 5.69 Å². The lowest BCUT2D eigenvalue weighted by Gasteiger charge is -2.31. The summed E-state index contributed by atoms with van der Waals surface area (Å²) in [6, 6.07) is 12.3. The van der Waals surface area contributed by atoms with Gasteiger partial charge in [0.15, 0.2) is 6.10 Å². The summed E-state index contributed by atoms with van der Waals surface area (Å²) in [6.07, 6.45) is 0.834. The number of carbonyl (C=O) groups is 2. The monoisotopic (exact) mass is 485 g/mol. The molecule has 182 valence electrons. The smallest absolute Gasteiger partial charge is 0.265 e. The molecule has 1 fully saturated rings. The third-order valence-corrected chi connectivity index (χ3v) is 8.34. The van der Waals surface area contributed by atoms with E-state index in [2.05, 4.69) is 24.5 Å². The van der Waals surface area contributed by atoms with E-state index in [0.29, 0.717) is 36.6 Å². The molecule has 0 radical (unpaired) electrons. The maximum atomic E-state index is 13.2. The molecular weight excluding hydrogens is 454 g/mol. The molecule has 9 heteroatoms. The predicted octanol–water partition coefficient (Wildman–Crippen LogP) is 3.96. The van der Waals surface area contributed by atoms with E-state index in [1.54, 1.807) is 6.07 Å². The predicted molar refractivity (Wildman–Crippen MR) is 130 cm³/mol. The summed E-state index contributed by atoms with van der Waals surface area (Å²) < 4.78 is 33.5. The van der Waals surface area contributed by atoms with Crippen molar-refractivity contribution in [3.63, 3.8) is 0 Å². The Morgan fingerprint density at radius 1 is 1.15 bits per heavy atom. The third kappa shape index (κ3) is 4.95. The van der Waals surface area contributed by atoms with Crippen LogP contribution in [0, 0.1) is 5.92 Å². The molecule has 4 rings (SSSR count). The molecule has 2 aromatic carbocycles. The number of piperidine rings is 1. The lowest BCUT2D eigenvalue weighted by Crippen LogP contribution is -2.41. The first-order chi connectivity index (χ1) is 16.2. The average molecular weight is 486 g/mol. The van der Waals surface area contributed by atoms with Gasteiger partial charge in [0.25, 0.3) is 5.91 Å². The number of nitrogens with one attached hydrogen (secondary N) is 2. The summed E-state index contributed by atoms with van der Waals surface area (Å²) >= 11 is 0. The van der Waals surface area contributed by atoms with Gasteiger partial charge in [0.1, 0.15) is 5.75 Å². The molecule has 0 aliphatic carbocycles. The van der Waals surface area contributed by atoms with Crippen LogP contribution in [0.1, 0.15) is 51.5 Å². The van der Waals surface area contributed by atoms with E-state index in [4.69, 9.17) is 4.74 Å². The van der Waals surface area contributed by atoms with Crippen LogP contribution in [0.25, 0.3) is 0 Å². The molecule has 2 N–H and O–H groups in total. The molecule has 0 spiro atoms. The number of benzene rings is 2. The summed E-state index contributed by atoms with van der Waals surface area (Å²) in [4.78, 5) is 24.9. The van der Waals surface area contributed by atoms with Crippen molar-refractivity contribution in [1.82, 2.24) is 4.31 Å². The Morgan fingerprint density at radius 2 is 1.82 bits per heavy atom. The van der Waals surface area contributed by atoms with Crippen molar-refractivity contribution < 1.29 is 22.7 Å². The highest BCUT2D eigenvalue weighted by Gasteiger charge is 2.34. The SMILES string of the molecule is CC[C@H]1Oc2ccc(S(=O)(=O)N3CCC(C(=O)Nc4ccc(C(C)C)cc4)CC3)cc2NC1=O. The van der Waals surface area contributed by atoms with Crippen molar-refractivity contribution >= 4 is 33.2 Å². The second kappa shape index (κ2) is 9.76. The van der Waals surface area contributed by atoms with Gasteiger partial charge in [-0.15, -0.1) is 0 Å². The number of amides is 2. The van der Waals surface area contributed by atoms with Gasteiger partial charge < -0.3 is 15.4 Å². The van der Waals surface area contributed by atoms with Gasteiger partial charge in [0.2, 0.25) is 15.9 Å². The number of hydrogen-bond donors (Lipinski definition) is 2. The Balaban J connectivity index is 1.38. The minimum Gasteiger partial charge on any atom is -0.478 e. The Kier molecular flexibility index (Phi) is 6.95. The molecule has 34 heavy (non-hydrogen) atoms. The van der Waals surface area contributed by atoms with Gasteiger partial charge in [0.05, 0.1) is 10.6 Å². The van der Waals surface area contributed by atoms with Crippen LogP contribution in [0.2, 0.25) is 0 Å². The fourth-order valence-electron chi connectivity index (χ4n) is 4.26. The van der Waals surface area contributed by atoms with Crippen molar-refractivity contribution in [3.05, 3.63) is 48.0 Å². The molecule has 1 saturated heterocycles. The first kappa shape index (κ1) is 24.2. The molecule has 2 aliphatic rings. The van der Waals surface area contributed by atoms with E-state index in [1.165, 1.54) is 22.0 Å². The Labute approximate surface area is 200 Å². The number of anilines is 2. The summed E-state index contributed by atoms with van der Waals surface area (Å²) in [7, 11) is -3.76. The first-order valence-corrected chi connectivity index (χ1v) is 13.2. The van der Waals surface area contributed by atoms with Crippen molar-refractivity contribution in [1.29, 1.82) is 0 Å². The number of ether oxygens (including phenoxy) is 1. The molecule has 2 aromatic rings.